The van der Waals surface area contributed by atoms with E-state index in [0.29, 0.717) is 5.56 Å². The van der Waals surface area contributed by atoms with Crippen molar-refractivity contribution in [2.45, 2.75) is 30.7 Å². The van der Waals surface area contributed by atoms with Gasteiger partial charge in [0.2, 0.25) is 0 Å². The quantitative estimate of drug-likeness (QED) is 0.693. The summed E-state index contributed by atoms with van der Waals surface area (Å²) in [5.41, 5.74) is 0.605. The summed E-state index contributed by atoms with van der Waals surface area (Å²) in [5, 5.41) is 20.6. The maximum absolute atomic E-state index is 12.4. The summed E-state index contributed by atoms with van der Waals surface area (Å²) >= 11 is 0. The van der Waals surface area contributed by atoms with Gasteiger partial charge in [0, 0.05) is 7.11 Å². The normalized spacial score (nSPS) is 26.5. The number of benzene rings is 2. The van der Waals surface area contributed by atoms with Gasteiger partial charge in [0.15, 0.2) is 12.4 Å². The largest absolute Gasteiger partial charge is 0.459 e. The molecule has 0 bridgehead atoms. The predicted octanol–water partition coefficient (Wildman–Crippen LogP) is 1.16. The topological polar surface area (TPSA) is 112 Å². The van der Waals surface area contributed by atoms with E-state index in [0.717, 1.165) is 0 Å². The van der Waals surface area contributed by atoms with Crippen LogP contribution in [0.4, 0.5) is 0 Å². The molecule has 2 aromatic carbocycles. The van der Waals surface area contributed by atoms with Crippen LogP contribution < -0.4 is 0 Å². The molecule has 8 nitrogen and oxygen atoms in total. The Labute approximate surface area is 167 Å². The number of rotatable bonds is 6. The highest BCUT2D eigenvalue weighted by molar-refractivity contribution is 5.90. The molecule has 0 spiro atoms. The van der Waals surface area contributed by atoms with Crippen LogP contribution in [0.15, 0.2) is 60.7 Å². The zero-order chi connectivity index (χ0) is 20.8. The van der Waals surface area contributed by atoms with Crippen molar-refractivity contribution in [3.63, 3.8) is 0 Å². The average Bonchev–Trinajstić information content (AvgIpc) is 2.77. The Kier molecular flexibility index (Phi) is 6.95. The minimum absolute atomic E-state index is 0.267. The minimum atomic E-state index is -1.50. The van der Waals surface area contributed by atoms with Gasteiger partial charge >= 0.3 is 11.9 Å². The third-order valence-electron chi connectivity index (χ3n) is 4.51. The van der Waals surface area contributed by atoms with Gasteiger partial charge in [-0.3, -0.25) is 0 Å². The van der Waals surface area contributed by atoms with Crippen molar-refractivity contribution in [3.05, 3.63) is 71.8 Å². The first-order valence-corrected chi connectivity index (χ1v) is 9.04. The Morgan fingerprint density at radius 1 is 0.897 bits per heavy atom. The van der Waals surface area contributed by atoms with E-state index in [1.165, 1.54) is 7.11 Å². The van der Waals surface area contributed by atoms with Crippen molar-refractivity contribution in [1.82, 2.24) is 0 Å². The second kappa shape index (κ2) is 9.62. The summed E-state index contributed by atoms with van der Waals surface area (Å²) in [7, 11) is 1.30. The van der Waals surface area contributed by atoms with E-state index in [4.69, 9.17) is 18.9 Å². The number of carbonyl (C=O) groups excluding carboxylic acids is 2. The number of esters is 2. The van der Waals surface area contributed by atoms with Crippen LogP contribution in [-0.4, -0.2) is 66.6 Å². The summed E-state index contributed by atoms with van der Waals surface area (Å²) in [6, 6.07) is 16.5. The summed E-state index contributed by atoms with van der Waals surface area (Å²) in [4.78, 5) is 24.6. The molecule has 0 amide bonds. The van der Waals surface area contributed by atoms with Crippen LogP contribution in [0.25, 0.3) is 0 Å². The lowest BCUT2D eigenvalue weighted by Crippen LogP contribution is -2.60. The van der Waals surface area contributed by atoms with Gasteiger partial charge < -0.3 is 29.2 Å². The molecule has 5 atom stereocenters. The lowest BCUT2D eigenvalue weighted by molar-refractivity contribution is -0.293. The maximum Gasteiger partial charge on any atom is 0.338 e. The van der Waals surface area contributed by atoms with Gasteiger partial charge in [-0.1, -0.05) is 36.4 Å². The number of methoxy groups -OCH3 is 1. The van der Waals surface area contributed by atoms with Crippen LogP contribution in [0.1, 0.15) is 20.7 Å². The van der Waals surface area contributed by atoms with E-state index < -0.39 is 42.6 Å². The fraction of sp³-hybridized carbons (Fsp3) is 0.333. The Hall–Kier alpha value is -2.78. The Bertz CT molecular complexity index is 810. The van der Waals surface area contributed by atoms with Crippen molar-refractivity contribution < 1.29 is 38.7 Å². The molecule has 3 rings (SSSR count). The zero-order valence-electron chi connectivity index (χ0n) is 15.7. The second-order valence-corrected chi connectivity index (χ2v) is 6.46. The monoisotopic (exact) mass is 402 g/mol. The highest BCUT2D eigenvalue weighted by Crippen LogP contribution is 2.25. The van der Waals surface area contributed by atoms with E-state index in [-0.39, 0.29) is 12.2 Å². The number of aliphatic hydroxyl groups excluding tert-OH is 2. The molecule has 0 unspecified atom stereocenters. The molecular weight excluding hydrogens is 380 g/mol. The first kappa shape index (κ1) is 20.9. The average molecular weight is 402 g/mol. The fourth-order valence-corrected chi connectivity index (χ4v) is 2.96. The van der Waals surface area contributed by atoms with Crippen LogP contribution in [0.5, 0.6) is 0 Å². The molecule has 0 aliphatic carbocycles. The summed E-state index contributed by atoms with van der Waals surface area (Å²) in [6.45, 7) is -0.315. The molecule has 2 N–H and O–H groups in total. The van der Waals surface area contributed by atoms with Crippen LogP contribution >= 0.6 is 0 Å². The zero-order valence-corrected chi connectivity index (χ0v) is 15.7. The number of hydrogen-bond donors (Lipinski definition) is 2. The first-order chi connectivity index (χ1) is 14.0. The highest BCUT2D eigenvalue weighted by atomic mass is 16.7. The van der Waals surface area contributed by atoms with Gasteiger partial charge in [-0.25, -0.2) is 9.59 Å². The van der Waals surface area contributed by atoms with Crippen LogP contribution in [0, 0.1) is 0 Å². The van der Waals surface area contributed by atoms with Gasteiger partial charge in [0.05, 0.1) is 11.1 Å². The van der Waals surface area contributed by atoms with Crippen LogP contribution in [0.3, 0.4) is 0 Å². The second-order valence-electron chi connectivity index (χ2n) is 6.46. The van der Waals surface area contributed by atoms with E-state index in [9.17, 15) is 19.8 Å². The Morgan fingerprint density at radius 3 is 2.00 bits per heavy atom. The fourth-order valence-electron chi connectivity index (χ4n) is 2.96. The van der Waals surface area contributed by atoms with Crippen molar-refractivity contribution in [2.24, 2.45) is 0 Å². The summed E-state index contributed by atoms with van der Waals surface area (Å²) in [5.74, 6) is -1.31. The van der Waals surface area contributed by atoms with Crippen molar-refractivity contribution in [1.29, 1.82) is 0 Å². The molecule has 2 aromatic rings. The maximum atomic E-state index is 12.4. The Morgan fingerprint density at radius 2 is 1.45 bits per heavy atom. The molecule has 8 heteroatoms. The van der Waals surface area contributed by atoms with Gasteiger partial charge in [0.1, 0.15) is 24.9 Å². The van der Waals surface area contributed by atoms with Crippen LogP contribution in [0.2, 0.25) is 0 Å². The predicted molar refractivity (Wildman–Crippen MR) is 100 cm³/mol. The standard InChI is InChI=1S/C21H22O8/c1-26-21-17(23)16(22)18(29-20(25)14-10-6-3-7-11-14)15(28-21)12-27-19(24)13-8-4-2-5-9-13/h2-11,15-18,21-23H,12H2,1H3/t15-,16-,17+,18+,21+/m1/s1. The summed E-state index contributed by atoms with van der Waals surface area (Å²) < 4.78 is 21.2. The third-order valence-corrected chi connectivity index (χ3v) is 4.51. The lowest BCUT2D eigenvalue weighted by Gasteiger charge is -2.41. The van der Waals surface area contributed by atoms with E-state index in [1.54, 1.807) is 60.7 Å². The number of ether oxygens (including phenoxy) is 4. The molecular formula is C21H22O8. The SMILES string of the molecule is CO[C@H]1O[C@H](COC(=O)c2ccccc2)[C@H](OC(=O)c2ccccc2)[C@H](O)[C@@H]1O. The molecule has 0 aromatic heterocycles. The van der Waals surface area contributed by atoms with E-state index in [2.05, 4.69) is 0 Å². The molecule has 1 fully saturated rings. The molecule has 154 valence electrons. The van der Waals surface area contributed by atoms with Gasteiger partial charge in [-0.05, 0) is 24.3 Å². The Balaban J connectivity index is 1.73. The number of aliphatic hydroxyl groups is 2. The van der Waals surface area contributed by atoms with Gasteiger partial charge in [-0.15, -0.1) is 0 Å². The summed E-state index contributed by atoms with van der Waals surface area (Å²) in [6.07, 6.45) is -6.43. The smallest absolute Gasteiger partial charge is 0.338 e. The number of carbonyl (C=O) groups is 2. The molecule has 0 radical (unpaired) electrons. The number of hydrogen-bond acceptors (Lipinski definition) is 8. The van der Waals surface area contributed by atoms with E-state index in [1.807, 2.05) is 0 Å². The van der Waals surface area contributed by atoms with Crippen molar-refractivity contribution >= 4 is 11.9 Å². The third kappa shape index (κ3) is 4.99. The molecule has 1 aliphatic heterocycles. The van der Waals surface area contributed by atoms with Gasteiger partial charge in [0.25, 0.3) is 0 Å². The lowest BCUT2D eigenvalue weighted by atomic mass is 9.99. The first-order valence-electron chi connectivity index (χ1n) is 9.04. The minimum Gasteiger partial charge on any atom is -0.459 e. The molecule has 29 heavy (non-hydrogen) atoms. The molecule has 1 saturated heterocycles. The van der Waals surface area contributed by atoms with Gasteiger partial charge in [-0.2, -0.15) is 0 Å². The molecule has 0 saturated carbocycles. The molecule has 1 aliphatic rings. The van der Waals surface area contributed by atoms with Crippen molar-refractivity contribution in [3.8, 4) is 0 Å². The molecule has 1 heterocycles. The van der Waals surface area contributed by atoms with E-state index >= 15 is 0 Å². The van der Waals surface area contributed by atoms with Crippen LogP contribution in [-0.2, 0) is 18.9 Å². The highest BCUT2D eigenvalue weighted by Gasteiger charge is 2.47. The van der Waals surface area contributed by atoms with Crippen molar-refractivity contribution in [2.75, 3.05) is 13.7 Å².